The number of nitrogens with one attached hydrogen (secondary N) is 1. The SMILES string of the molecule is COc1ccccc1N1C[C@H](C(=O)Nc2cc(C)ccc2C)CC1=O. The van der Waals surface area contributed by atoms with Gasteiger partial charge in [-0.2, -0.15) is 0 Å². The highest BCUT2D eigenvalue weighted by atomic mass is 16.5. The maximum Gasteiger partial charge on any atom is 0.229 e. The predicted molar refractivity (Wildman–Crippen MR) is 98.0 cm³/mol. The highest BCUT2D eigenvalue weighted by Crippen LogP contribution is 2.33. The van der Waals surface area contributed by atoms with Crippen LogP contribution >= 0.6 is 0 Å². The van der Waals surface area contributed by atoms with Crippen molar-refractivity contribution in [3.8, 4) is 5.75 Å². The van der Waals surface area contributed by atoms with Crippen LogP contribution in [0.15, 0.2) is 42.5 Å². The number of methoxy groups -OCH3 is 1. The molecule has 0 aliphatic carbocycles. The van der Waals surface area contributed by atoms with Crippen LogP contribution in [-0.4, -0.2) is 25.5 Å². The summed E-state index contributed by atoms with van der Waals surface area (Å²) < 4.78 is 5.33. The van der Waals surface area contributed by atoms with Gasteiger partial charge in [-0.3, -0.25) is 9.59 Å². The van der Waals surface area contributed by atoms with E-state index < -0.39 is 0 Å². The number of para-hydroxylation sites is 2. The average Bonchev–Trinajstić information content (AvgIpc) is 3.00. The van der Waals surface area contributed by atoms with E-state index in [1.54, 1.807) is 12.0 Å². The lowest BCUT2D eigenvalue weighted by Gasteiger charge is -2.19. The molecule has 5 nitrogen and oxygen atoms in total. The average molecular weight is 338 g/mol. The van der Waals surface area contributed by atoms with Crippen LogP contribution in [0, 0.1) is 19.8 Å². The van der Waals surface area contributed by atoms with Crippen molar-refractivity contribution in [3.05, 3.63) is 53.6 Å². The molecule has 1 N–H and O–H groups in total. The van der Waals surface area contributed by atoms with E-state index >= 15 is 0 Å². The van der Waals surface area contributed by atoms with Crippen molar-refractivity contribution in [1.82, 2.24) is 0 Å². The molecule has 1 aliphatic rings. The third kappa shape index (κ3) is 3.50. The second-order valence-corrected chi connectivity index (χ2v) is 6.38. The van der Waals surface area contributed by atoms with Crippen LogP contribution in [-0.2, 0) is 9.59 Å². The molecule has 0 saturated carbocycles. The molecule has 1 saturated heterocycles. The summed E-state index contributed by atoms with van der Waals surface area (Å²) in [5.74, 6) is 0.0637. The zero-order valence-corrected chi connectivity index (χ0v) is 14.7. The largest absolute Gasteiger partial charge is 0.495 e. The number of nitrogens with zero attached hydrogens (tertiary/aromatic N) is 1. The van der Waals surface area contributed by atoms with Crippen molar-refractivity contribution in [3.63, 3.8) is 0 Å². The Morgan fingerprint density at radius 1 is 1.20 bits per heavy atom. The Morgan fingerprint density at radius 2 is 1.96 bits per heavy atom. The number of benzene rings is 2. The van der Waals surface area contributed by atoms with Gasteiger partial charge in [0, 0.05) is 18.7 Å². The van der Waals surface area contributed by atoms with E-state index in [4.69, 9.17) is 4.74 Å². The zero-order chi connectivity index (χ0) is 18.0. The highest BCUT2D eigenvalue weighted by Gasteiger charge is 2.36. The molecule has 2 amide bonds. The number of aryl methyl sites for hydroxylation is 2. The molecule has 1 heterocycles. The summed E-state index contributed by atoms with van der Waals surface area (Å²) in [4.78, 5) is 26.7. The fraction of sp³-hybridized carbons (Fsp3) is 0.300. The molecule has 0 aromatic heterocycles. The smallest absolute Gasteiger partial charge is 0.229 e. The molecular weight excluding hydrogens is 316 g/mol. The second-order valence-electron chi connectivity index (χ2n) is 6.38. The van der Waals surface area contributed by atoms with Gasteiger partial charge in [-0.15, -0.1) is 0 Å². The molecule has 25 heavy (non-hydrogen) atoms. The summed E-state index contributed by atoms with van der Waals surface area (Å²) in [5, 5.41) is 2.97. The number of anilines is 2. The van der Waals surface area contributed by atoms with Gasteiger partial charge in [0.2, 0.25) is 11.8 Å². The van der Waals surface area contributed by atoms with E-state index in [1.165, 1.54) is 0 Å². The van der Waals surface area contributed by atoms with Crippen molar-refractivity contribution in [2.45, 2.75) is 20.3 Å². The van der Waals surface area contributed by atoms with Crippen molar-refractivity contribution in [2.24, 2.45) is 5.92 Å². The van der Waals surface area contributed by atoms with Crippen LogP contribution in [0.5, 0.6) is 5.75 Å². The third-order valence-corrected chi connectivity index (χ3v) is 4.52. The summed E-state index contributed by atoms with van der Waals surface area (Å²) in [6.07, 6.45) is 0.203. The minimum atomic E-state index is -0.377. The standard InChI is InChI=1S/C20H22N2O3/c1-13-8-9-14(2)16(10-13)21-20(24)15-11-19(23)22(12-15)17-6-4-5-7-18(17)25-3/h4-10,15H,11-12H2,1-3H3,(H,21,24)/t15-/m1/s1. The first-order valence-electron chi connectivity index (χ1n) is 8.31. The molecule has 130 valence electrons. The maximum atomic E-state index is 12.6. The van der Waals surface area contributed by atoms with Gasteiger partial charge in [0.1, 0.15) is 5.75 Å². The predicted octanol–water partition coefficient (Wildman–Crippen LogP) is 3.30. The fourth-order valence-corrected chi connectivity index (χ4v) is 3.07. The Bertz CT molecular complexity index is 816. The molecule has 1 aliphatic heterocycles. The number of carbonyl (C=O) groups is 2. The molecule has 3 rings (SSSR count). The number of rotatable bonds is 4. The van der Waals surface area contributed by atoms with Crippen molar-refractivity contribution >= 4 is 23.2 Å². The first-order chi connectivity index (χ1) is 12.0. The lowest BCUT2D eigenvalue weighted by molar-refractivity contribution is -0.122. The molecule has 0 bridgehead atoms. The lowest BCUT2D eigenvalue weighted by Crippen LogP contribution is -2.28. The Morgan fingerprint density at radius 3 is 2.72 bits per heavy atom. The topological polar surface area (TPSA) is 58.6 Å². The van der Waals surface area contributed by atoms with E-state index in [0.29, 0.717) is 18.0 Å². The van der Waals surface area contributed by atoms with Crippen molar-refractivity contribution in [2.75, 3.05) is 23.9 Å². The normalized spacial score (nSPS) is 16.8. The van der Waals surface area contributed by atoms with Crippen LogP contribution in [0.2, 0.25) is 0 Å². The summed E-state index contributed by atoms with van der Waals surface area (Å²) in [7, 11) is 1.57. The quantitative estimate of drug-likeness (QED) is 0.930. The molecule has 0 unspecified atom stereocenters. The van der Waals surface area contributed by atoms with Gasteiger partial charge in [0.25, 0.3) is 0 Å². The van der Waals surface area contributed by atoms with Crippen LogP contribution < -0.4 is 15.0 Å². The number of ether oxygens (including phenoxy) is 1. The Kier molecular flexibility index (Phi) is 4.74. The van der Waals surface area contributed by atoms with Gasteiger partial charge < -0.3 is 15.0 Å². The van der Waals surface area contributed by atoms with Gasteiger partial charge in [-0.25, -0.2) is 0 Å². The Hall–Kier alpha value is -2.82. The zero-order valence-electron chi connectivity index (χ0n) is 14.7. The Labute approximate surface area is 147 Å². The van der Waals surface area contributed by atoms with E-state index in [-0.39, 0.29) is 24.2 Å². The summed E-state index contributed by atoms with van der Waals surface area (Å²) >= 11 is 0. The third-order valence-electron chi connectivity index (χ3n) is 4.52. The first kappa shape index (κ1) is 17.0. The van der Waals surface area contributed by atoms with Crippen LogP contribution in [0.1, 0.15) is 17.5 Å². The van der Waals surface area contributed by atoms with Crippen LogP contribution in [0.4, 0.5) is 11.4 Å². The Balaban J connectivity index is 1.76. The minimum Gasteiger partial charge on any atom is -0.495 e. The second kappa shape index (κ2) is 6.97. The number of hydrogen-bond donors (Lipinski definition) is 1. The molecule has 1 atom stereocenters. The molecule has 5 heteroatoms. The van der Waals surface area contributed by atoms with Gasteiger partial charge in [0.05, 0.1) is 18.7 Å². The monoisotopic (exact) mass is 338 g/mol. The molecular formula is C20H22N2O3. The fourth-order valence-electron chi connectivity index (χ4n) is 3.07. The number of amides is 2. The van der Waals surface area contributed by atoms with E-state index in [2.05, 4.69) is 5.32 Å². The first-order valence-corrected chi connectivity index (χ1v) is 8.31. The van der Waals surface area contributed by atoms with Crippen molar-refractivity contribution < 1.29 is 14.3 Å². The summed E-state index contributed by atoms with van der Waals surface area (Å²) in [6.45, 7) is 4.30. The van der Waals surface area contributed by atoms with Gasteiger partial charge >= 0.3 is 0 Å². The molecule has 0 radical (unpaired) electrons. The molecule has 2 aromatic rings. The number of hydrogen-bond acceptors (Lipinski definition) is 3. The van der Waals surface area contributed by atoms with E-state index in [0.717, 1.165) is 16.8 Å². The molecule has 2 aromatic carbocycles. The maximum absolute atomic E-state index is 12.6. The van der Waals surface area contributed by atoms with E-state index in [9.17, 15) is 9.59 Å². The summed E-state index contributed by atoms with van der Waals surface area (Å²) in [6, 6.07) is 13.3. The van der Waals surface area contributed by atoms with Gasteiger partial charge in [-0.05, 0) is 43.2 Å². The van der Waals surface area contributed by atoms with Gasteiger partial charge in [-0.1, -0.05) is 24.3 Å². The van der Waals surface area contributed by atoms with Crippen LogP contribution in [0.3, 0.4) is 0 Å². The summed E-state index contributed by atoms with van der Waals surface area (Å²) in [5.41, 5.74) is 3.59. The van der Waals surface area contributed by atoms with E-state index in [1.807, 2.05) is 56.3 Å². The number of carbonyl (C=O) groups excluding carboxylic acids is 2. The van der Waals surface area contributed by atoms with Gasteiger partial charge in [0.15, 0.2) is 0 Å². The minimum absolute atomic E-state index is 0.0642. The highest BCUT2D eigenvalue weighted by molar-refractivity contribution is 6.04. The van der Waals surface area contributed by atoms with Crippen LogP contribution in [0.25, 0.3) is 0 Å². The van der Waals surface area contributed by atoms with Crippen molar-refractivity contribution in [1.29, 1.82) is 0 Å². The lowest BCUT2D eigenvalue weighted by atomic mass is 10.1. The molecule has 1 fully saturated rings. The molecule has 0 spiro atoms.